The Morgan fingerprint density at radius 3 is 2.70 bits per heavy atom. The number of rotatable bonds is 5. The van der Waals surface area contributed by atoms with E-state index in [1.807, 2.05) is 24.3 Å². The lowest BCUT2D eigenvalue weighted by molar-refractivity contribution is 0.197. The van der Waals surface area contributed by atoms with Gasteiger partial charge in [-0.25, -0.2) is 4.39 Å². The molecule has 0 aliphatic rings. The molecule has 2 nitrogen and oxygen atoms in total. The summed E-state index contributed by atoms with van der Waals surface area (Å²) in [6.45, 7) is 0. The van der Waals surface area contributed by atoms with E-state index < -0.39 is 11.9 Å². The minimum atomic E-state index is -0.887. The summed E-state index contributed by atoms with van der Waals surface area (Å²) < 4.78 is 19.9. The Hall–Kier alpha value is -1.04. The van der Waals surface area contributed by atoms with Gasteiger partial charge < -0.3 is 9.84 Å². The first-order valence-electron chi connectivity index (χ1n) is 6.01. The first kappa shape index (κ1) is 15.4. The molecule has 106 valence electrons. The van der Waals surface area contributed by atoms with Crippen molar-refractivity contribution in [2.45, 2.75) is 11.0 Å². The van der Waals surface area contributed by atoms with E-state index in [0.29, 0.717) is 5.75 Å². The van der Waals surface area contributed by atoms with Crippen LogP contribution in [0.4, 0.5) is 4.39 Å². The van der Waals surface area contributed by atoms with Crippen LogP contribution >= 0.6 is 27.7 Å². The fourth-order valence-electron chi connectivity index (χ4n) is 1.76. The quantitative estimate of drug-likeness (QED) is 0.804. The van der Waals surface area contributed by atoms with Crippen LogP contribution in [0.2, 0.25) is 0 Å². The van der Waals surface area contributed by atoms with Crippen molar-refractivity contribution in [3.8, 4) is 5.75 Å². The van der Waals surface area contributed by atoms with Gasteiger partial charge in [-0.2, -0.15) is 0 Å². The van der Waals surface area contributed by atoms with Gasteiger partial charge in [0.05, 0.1) is 13.2 Å². The van der Waals surface area contributed by atoms with E-state index in [1.54, 1.807) is 12.1 Å². The van der Waals surface area contributed by atoms with Crippen molar-refractivity contribution in [1.29, 1.82) is 0 Å². The van der Waals surface area contributed by atoms with E-state index in [1.165, 1.54) is 24.9 Å². The summed E-state index contributed by atoms with van der Waals surface area (Å²) in [6, 6.07) is 12.5. The molecule has 1 atom stereocenters. The monoisotopic (exact) mass is 356 g/mol. The first-order valence-corrected chi connectivity index (χ1v) is 7.79. The van der Waals surface area contributed by atoms with Crippen molar-refractivity contribution >= 4 is 27.7 Å². The van der Waals surface area contributed by atoms with Crippen LogP contribution in [0.1, 0.15) is 11.7 Å². The summed E-state index contributed by atoms with van der Waals surface area (Å²) in [5.74, 6) is 0.00912. The van der Waals surface area contributed by atoms with Crippen LogP contribution in [0, 0.1) is 5.82 Å². The molecule has 0 radical (unpaired) electrons. The zero-order valence-electron chi connectivity index (χ0n) is 10.8. The van der Waals surface area contributed by atoms with Gasteiger partial charge in [-0.3, -0.25) is 0 Å². The topological polar surface area (TPSA) is 29.5 Å². The molecule has 0 aromatic heterocycles. The number of benzene rings is 2. The molecule has 0 bridgehead atoms. The van der Waals surface area contributed by atoms with Gasteiger partial charge in [-0.1, -0.05) is 24.3 Å². The minimum Gasteiger partial charge on any atom is -0.494 e. The van der Waals surface area contributed by atoms with Gasteiger partial charge in [-0.05, 0) is 34.1 Å². The molecule has 0 fully saturated rings. The summed E-state index contributed by atoms with van der Waals surface area (Å²) in [7, 11) is 1.41. The normalized spacial score (nSPS) is 12.2. The Morgan fingerprint density at radius 1 is 1.25 bits per heavy atom. The van der Waals surface area contributed by atoms with Crippen LogP contribution in [-0.2, 0) is 0 Å². The smallest absolute Gasteiger partial charge is 0.170 e. The fraction of sp³-hybridized carbons (Fsp3) is 0.200. The summed E-state index contributed by atoms with van der Waals surface area (Å²) in [5, 5.41) is 10.1. The van der Waals surface area contributed by atoms with Crippen molar-refractivity contribution in [3.05, 3.63) is 58.3 Å². The number of hydrogen-bond acceptors (Lipinski definition) is 3. The van der Waals surface area contributed by atoms with Crippen LogP contribution in [0.15, 0.2) is 51.8 Å². The summed E-state index contributed by atoms with van der Waals surface area (Å²) in [4.78, 5) is 1.01. The highest BCUT2D eigenvalue weighted by Crippen LogP contribution is 2.32. The first-order chi connectivity index (χ1) is 9.63. The van der Waals surface area contributed by atoms with Crippen molar-refractivity contribution < 1.29 is 14.2 Å². The number of halogens is 2. The van der Waals surface area contributed by atoms with Gasteiger partial charge in [0.1, 0.15) is 0 Å². The average molecular weight is 357 g/mol. The molecular formula is C15H14BrFO2S. The number of thioether (sulfide) groups is 1. The molecule has 0 aliphatic heterocycles. The molecule has 0 saturated heterocycles. The maximum Gasteiger partial charge on any atom is 0.170 e. The Morgan fingerprint density at radius 2 is 2.00 bits per heavy atom. The van der Waals surface area contributed by atoms with Gasteiger partial charge in [0, 0.05) is 20.7 Å². The highest BCUT2D eigenvalue weighted by atomic mass is 79.9. The van der Waals surface area contributed by atoms with Gasteiger partial charge >= 0.3 is 0 Å². The molecule has 0 heterocycles. The Bertz CT molecular complexity index is 592. The van der Waals surface area contributed by atoms with Crippen LogP contribution in [0.25, 0.3) is 0 Å². The van der Waals surface area contributed by atoms with E-state index in [9.17, 15) is 9.50 Å². The summed E-state index contributed by atoms with van der Waals surface area (Å²) >= 11 is 4.91. The van der Waals surface area contributed by atoms with Crippen LogP contribution in [0.5, 0.6) is 5.75 Å². The highest BCUT2D eigenvalue weighted by molar-refractivity contribution is 9.10. The van der Waals surface area contributed by atoms with E-state index in [0.717, 1.165) is 9.37 Å². The zero-order valence-corrected chi connectivity index (χ0v) is 13.2. The fourth-order valence-corrected chi connectivity index (χ4v) is 3.29. The van der Waals surface area contributed by atoms with Gasteiger partial charge in [0.25, 0.3) is 0 Å². The second kappa shape index (κ2) is 7.11. The maximum atomic E-state index is 14.0. The van der Waals surface area contributed by atoms with Gasteiger partial charge in [0.15, 0.2) is 11.6 Å². The van der Waals surface area contributed by atoms with E-state index in [-0.39, 0.29) is 11.3 Å². The standard InChI is InChI=1S/C15H14BrFO2S/c1-19-13-7-4-5-10(15(13)17)12(18)9-20-14-8-3-2-6-11(14)16/h2-8,12,18H,9H2,1H3. The Kier molecular flexibility index (Phi) is 5.46. The number of aliphatic hydroxyl groups excluding tert-OH is 1. The molecule has 20 heavy (non-hydrogen) atoms. The molecule has 2 aromatic rings. The molecule has 1 N–H and O–H groups in total. The van der Waals surface area contributed by atoms with E-state index >= 15 is 0 Å². The number of ether oxygens (including phenoxy) is 1. The summed E-state index contributed by atoms with van der Waals surface area (Å²) in [6.07, 6.45) is -0.887. The van der Waals surface area contributed by atoms with Crippen LogP contribution in [-0.4, -0.2) is 18.0 Å². The largest absolute Gasteiger partial charge is 0.494 e. The average Bonchev–Trinajstić information content (AvgIpc) is 2.46. The lowest BCUT2D eigenvalue weighted by Gasteiger charge is -2.14. The predicted octanol–water partition coefficient (Wildman–Crippen LogP) is 4.42. The molecule has 2 rings (SSSR count). The Labute approximate surface area is 130 Å². The lowest BCUT2D eigenvalue weighted by atomic mass is 10.1. The molecule has 0 spiro atoms. The van der Waals surface area contributed by atoms with E-state index in [4.69, 9.17) is 4.74 Å². The number of aliphatic hydroxyl groups is 1. The summed E-state index contributed by atoms with van der Waals surface area (Å²) in [5.41, 5.74) is 0.254. The zero-order chi connectivity index (χ0) is 14.5. The molecule has 0 saturated carbocycles. The third kappa shape index (κ3) is 3.53. The van der Waals surface area contributed by atoms with E-state index in [2.05, 4.69) is 15.9 Å². The predicted molar refractivity (Wildman–Crippen MR) is 82.8 cm³/mol. The third-order valence-electron chi connectivity index (χ3n) is 2.81. The molecule has 0 amide bonds. The maximum absolute atomic E-state index is 14.0. The number of methoxy groups -OCH3 is 1. The SMILES string of the molecule is COc1cccc(C(O)CSc2ccccc2Br)c1F. The highest BCUT2D eigenvalue weighted by Gasteiger charge is 2.16. The molecule has 1 unspecified atom stereocenters. The van der Waals surface area contributed by atoms with Crippen molar-refractivity contribution in [2.24, 2.45) is 0 Å². The molecule has 2 aromatic carbocycles. The molecule has 5 heteroatoms. The van der Waals surface area contributed by atoms with Crippen LogP contribution in [0.3, 0.4) is 0 Å². The second-order valence-corrected chi connectivity index (χ2v) is 6.04. The van der Waals surface area contributed by atoms with Gasteiger partial charge in [0.2, 0.25) is 0 Å². The molecule has 0 aliphatic carbocycles. The lowest BCUT2D eigenvalue weighted by Crippen LogP contribution is -2.04. The Balaban J connectivity index is 2.09. The van der Waals surface area contributed by atoms with Gasteiger partial charge in [-0.15, -0.1) is 11.8 Å². The van der Waals surface area contributed by atoms with Crippen molar-refractivity contribution in [2.75, 3.05) is 12.9 Å². The second-order valence-electron chi connectivity index (χ2n) is 4.12. The van der Waals surface area contributed by atoms with Crippen LogP contribution < -0.4 is 4.74 Å². The molecular weight excluding hydrogens is 343 g/mol. The van der Waals surface area contributed by atoms with Crippen molar-refractivity contribution in [1.82, 2.24) is 0 Å². The minimum absolute atomic E-state index is 0.146. The van der Waals surface area contributed by atoms with Crippen molar-refractivity contribution in [3.63, 3.8) is 0 Å². The third-order valence-corrected chi connectivity index (χ3v) is 4.91. The number of hydrogen-bond donors (Lipinski definition) is 1.